The second kappa shape index (κ2) is 9.00. The van der Waals surface area contributed by atoms with E-state index in [0.29, 0.717) is 43.5 Å². The van der Waals surface area contributed by atoms with Gasteiger partial charge in [0.05, 0.1) is 27.9 Å². The zero-order chi connectivity index (χ0) is 21.0. The van der Waals surface area contributed by atoms with Gasteiger partial charge in [-0.05, 0) is 19.1 Å². The summed E-state index contributed by atoms with van der Waals surface area (Å²) in [5.41, 5.74) is 1.22. The Morgan fingerprint density at radius 3 is 2.38 bits per heavy atom. The second-order valence-electron chi connectivity index (χ2n) is 6.01. The van der Waals surface area contributed by atoms with Gasteiger partial charge in [-0.15, -0.1) is 11.3 Å². The van der Waals surface area contributed by atoms with Crippen LogP contribution in [0.25, 0.3) is 10.1 Å². The van der Waals surface area contributed by atoms with Crippen molar-refractivity contribution < 1.29 is 28.1 Å². The molecule has 1 heterocycles. The van der Waals surface area contributed by atoms with Crippen molar-refractivity contribution >= 4 is 33.1 Å². The van der Waals surface area contributed by atoms with Gasteiger partial charge in [-0.1, -0.05) is 6.07 Å². The van der Waals surface area contributed by atoms with Crippen LogP contribution in [-0.2, 0) is 11.3 Å². The fraction of sp³-hybridized carbons (Fsp3) is 0.286. The van der Waals surface area contributed by atoms with Crippen LogP contribution in [0.1, 0.15) is 22.2 Å². The Labute approximate surface area is 172 Å². The highest BCUT2D eigenvalue weighted by Crippen LogP contribution is 2.40. The van der Waals surface area contributed by atoms with E-state index in [2.05, 4.69) is 5.32 Å². The number of nitrogens with one attached hydrogen (secondary N) is 1. The molecular formula is C21H22FNO5S. The number of rotatable bonds is 8. The highest BCUT2D eigenvalue weighted by molar-refractivity contribution is 7.21. The average Bonchev–Trinajstić information content (AvgIpc) is 3.11. The number of carbonyl (C=O) groups excluding carboxylic acids is 1. The van der Waals surface area contributed by atoms with E-state index >= 15 is 0 Å². The van der Waals surface area contributed by atoms with E-state index in [4.69, 9.17) is 18.9 Å². The molecule has 0 unspecified atom stereocenters. The molecule has 0 aliphatic rings. The second-order valence-corrected chi connectivity index (χ2v) is 7.06. The Bertz CT molecular complexity index is 1010. The maximum atomic E-state index is 14.5. The van der Waals surface area contributed by atoms with E-state index in [0.717, 1.165) is 0 Å². The molecule has 154 valence electrons. The summed E-state index contributed by atoms with van der Waals surface area (Å²) in [5.74, 6) is 0.605. The van der Waals surface area contributed by atoms with Crippen LogP contribution in [0.4, 0.5) is 10.1 Å². The van der Waals surface area contributed by atoms with Gasteiger partial charge in [0.15, 0.2) is 11.5 Å². The largest absolute Gasteiger partial charge is 0.493 e. The van der Waals surface area contributed by atoms with Crippen LogP contribution in [0, 0.1) is 5.82 Å². The maximum Gasteiger partial charge on any atom is 0.348 e. The highest BCUT2D eigenvalue weighted by atomic mass is 32.1. The van der Waals surface area contributed by atoms with E-state index in [1.807, 2.05) is 0 Å². The lowest BCUT2D eigenvalue weighted by Gasteiger charge is -2.15. The van der Waals surface area contributed by atoms with Gasteiger partial charge < -0.3 is 24.3 Å². The monoisotopic (exact) mass is 419 g/mol. The highest BCUT2D eigenvalue weighted by Gasteiger charge is 2.22. The lowest BCUT2D eigenvalue weighted by molar-refractivity contribution is 0.0531. The number of esters is 1. The number of fused-ring (bicyclic) bond motifs is 1. The first-order valence-corrected chi connectivity index (χ1v) is 9.76. The smallest absolute Gasteiger partial charge is 0.348 e. The number of benzene rings is 2. The number of methoxy groups -OCH3 is 3. The Balaban J connectivity index is 2.00. The van der Waals surface area contributed by atoms with Crippen molar-refractivity contribution in [2.24, 2.45) is 0 Å². The van der Waals surface area contributed by atoms with Crippen molar-refractivity contribution in [3.63, 3.8) is 0 Å². The third-order valence-corrected chi connectivity index (χ3v) is 5.54. The van der Waals surface area contributed by atoms with Crippen molar-refractivity contribution in [2.75, 3.05) is 33.3 Å². The summed E-state index contributed by atoms with van der Waals surface area (Å²) in [4.78, 5) is 12.8. The minimum Gasteiger partial charge on any atom is -0.493 e. The van der Waals surface area contributed by atoms with Gasteiger partial charge in [0.1, 0.15) is 10.7 Å². The predicted molar refractivity (Wildman–Crippen MR) is 111 cm³/mol. The van der Waals surface area contributed by atoms with Gasteiger partial charge in [-0.25, -0.2) is 9.18 Å². The molecule has 3 aromatic rings. The van der Waals surface area contributed by atoms with Crippen LogP contribution in [0.3, 0.4) is 0 Å². The maximum absolute atomic E-state index is 14.5. The molecule has 2 aromatic carbocycles. The third-order valence-electron chi connectivity index (χ3n) is 4.36. The van der Waals surface area contributed by atoms with Gasteiger partial charge in [-0.2, -0.15) is 0 Å². The van der Waals surface area contributed by atoms with Crippen LogP contribution in [0.2, 0.25) is 0 Å². The molecule has 0 atom stereocenters. The van der Waals surface area contributed by atoms with Gasteiger partial charge >= 0.3 is 5.97 Å². The van der Waals surface area contributed by atoms with E-state index in [1.165, 1.54) is 38.7 Å². The first-order chi connectivity index (χ1) is 14.0. The SMILES string of the molecule is CCOC(=O)c1sc2cccc(F)c2c1CNc1cc(OC)c(OC)c(OC)c1. The molecule has 0 saturated carbocycles. The Morgan fingerprint density at radius 2 is 1.79 bits per heavy atom. The number of carbonyl (C=O) groups is 1. The fourth-order valence-electron chi connectivity index (χ4n) is 3.07. The van der Waals surface area contributed by atoms with Crippen LogP contribution in [-0.4, -0.2) is 33.9 Å². The summed E-state index contributed by atoms with van der Waals surface area (Å²) in [6, 6.07) is 8.29. The molecule has 0 spiro atoms. The molecule has 0 amide bonds. The molecule has 29 heavy (non-hydrogen) atoms. The molecule has 0 fully saturated rings. The summed E-state index contributed by atoms with van der Waals surface area (Å²) >= 11 is 1.22. The molecule has 0 aliphatic carbocycles. The lowest BCUT2D eigenvalue weighted by Crippen LogP contribution is -2.09. The molecule has 6 nitrogen and oxygen atoms in total. The molecule has 3 rings (SSSR count). The molecule has 0 saturated heterocycles. The van der Waals surface area contributed by atoms with Gasteiger partial charge in [0, 0.05) is 40.0 Å². The first kappa shape index (κ1) is 20.7. The van der Waals surface area contributed by atoms with E-state index in [-0.39, 0.29) is 19.0 Å². The molecule has 0 aliphatic heterocycles. The van der Waals surface area contributed by atoms with Gasteiger partial charge in [0.2, 0.25) is 5.75 Å². The van der Waals surface area contributed by atoms with Crippen LogP contribution < -0.4 is 19.5 Å². The molecule has 1 aromatic heterocycles. The van der Waals surface area contributed by atoms with E-state index in [9.17, 15) is 9.18 Å². The van der Waals surface area contributed by atoms with Crippen molar-refractivity contribution in [2.45, 2.75) is 13.5 Å². The quantitative estimate of drug-likeness (QED) is 0.526. The van der Waals surface area contributed by atoms with E-state index in [1.54, 1.807) is 31.2 Å². The molecule has 0 radical (unpaired) electrons. The molecule has 1 N–H and O–H groups in total. The summed E-state index contributed by atoms with van der Waals surface area (Å²) in [6.07, 6.45) is 0. The number of halogens is 1. The van der Waals surface area contributed by atoms with Crippen LogP contribution in [0.15, 0.2) is 30.3 Å². The van der Waals surface area contributed by atoms with Crippen LogP contribution in [0.5, 0.6) is 17.2 Å². The van der Waals surface area contributed by atoms with Crippen LogP contribution >= 0.6 is 11.3 Å². The average molecular weight is 419 g/mol. The number of ether oxygens (including phenoxy) is 4. The fourth-order valence-corrected chi connectivity index (χ4v) is 4.20. The van der Waals surface area contributed by atoms with E-state index < -0.39 is 5.97 Å². The Hall–Kier alpha value is -3.00. The minimum absolute atomic E-state index is 0.216. The molecule has 8 heteroatoms. The zero-order valence-electron chi connectivity index (χ0n) is 16.6. The number of hydrogen-bond donors (Lipinski definition) is 1. The van der Waals surface area contributed by atoms with Crippen molar-refractivity contribution in [1.29, 1.82) is 0 Å². The first-order valence-electron chi connectivity index (χ1n) is 8.94. The molecular weight excluding hydrogens is 397 g/mol. The van der Waals surface area contributed by atoms with Gasteiger partial charge in [0.25, 0.3) is 0 Å². The summed E-state index contributed by atoms with van der Waals surface area (Å²) in [6.45, 7) is 2.20. The summed E-state index contributed by atoms with van der Waals surface area (Å²) < 4.78 is 36.4. The number of thiophene rings is 1. The summed E-state index contributed by atoms with van der Waals surface area (Å²) in [5, 5.41) is 3.64. The Kier molecular flexibility index (Phi) is 6.43. The summed E-state index contributed by atoms with van der Waals surface area (Å²) in [7, 11) is 4.59. The predicted octanol–water partition coefficient (Wildman–Crippen LogP) is 4.86. The van der Waals surface area contributed by atoms with Gasteiger partial charge in [-0.3, -0.25) is 0 Å². The van der Waals surface area contributed by atoms with Crippen molar-refractivity contribution in [3.8, 4) is 17.2 Å². The van der Waals surface area contributed by atoms with Crippen molar-refractivity contribution in [3.05, 3.63) is 46.6 Å². The zero-order valence-corrected chi connectivity index (χ0v) is 17.4. The number of anilines is 1. The lowest BCUT2D eigenvalue weighted by atomic mass is 10.1. The third kappa shape index (κ3) is 4.07. The molecule has 0 bridgehead atoms. The number of hydrogen-bond acceptors (Lipinski definition) is 7. The minimum atomic E-state index is -0.463. The standard InChI is InChI=1S/C21H22FNO5S/c1-5-28-21(24)20-13(18-14(22)7-6-8-17(18)29-20)11-23-12-9-15(25-2)19(27-4)16(10-12)26-3/h6-10,23H,5,11H2,1-4H3. The van der Waals surface area contributed by atoms with Crippen molar-refractivity contribution in [1.82, 2.24) is 0 Å². The normalized spacial score (nSPS) is 10.7. The Morgan fingerprint density at radius 1 is 1.10 bits per heavy atom. The topological polar surface area (TPSA) is 66.0 Å².